The van der Waals surface area contributed by atoms with Crippen molar-refractivity contribution in [1.82, 2.24) is 5.32 Å². The number of amides is 2. The molecular formula is C12H14ClFN2O3. The summed E-state index contributed by atoms with van der Waals surface area (Å²) in [6.45, 7) is 3.30. The van der Waals surface area contributed by atoms with E-state index in [9.17, 15) is 14.0 Å². The van der Waals surface area contributed by atoms with Crippen LogP contribution in [0.1, 0.15) is 13.8 Å². The lowest BCUT2D eigenvalue weighted by Gasteiger charge is -2.18. The Morgan fingerprint density at radius 3 is 2.53 bits per heavy atom. The molecule has 0 unspecified atom stereocenters. The molecule has 0 spiro atoms. The van der Waals surface area contributed by atoms with Gasteiger partial charge >= 0.3 is 12.0 Å². The summed E-state index contributed by atoms with van der Waals surface area (Å²) >= 11 is 5.67. The van der Waals surface area contributed by atoms with E-state index in [4.69, 9.17) is 16.7 Å². The summed E-state index contributed by atoms with van der Waals surface area (Å²) in [5, 5.41) is 13.6. The Hall–Kier alpha value is -1.82. The van der Waals surface area contributed by atoms with Crippen LogP contribution in [0.15, 0.2) is 18.2 Å². The smallest absolute Gasteiger partial charge is 0.326 e. The van der Waals surface area contributed by atoms with Gasteiger partial charge in [0.1, 0.15) is 11.9 Å². The Balaban J connectivity index is 2.74. The average molecular weight is 289 g/mol. The van der Waals surface area contributed by atoms with Crippen molar-refractivity contribution in [1.29, 1.82) is 0 Å². The molecule has 0 aliphatic rings. The molecule has 19 heavy (non-hydrogen) atoms. The van der Waals surface area contributed by atoms with Crippen LogP contribution in [0.5, 0.6) is 0 Å². The van der Waals surface area contributed by atoms with Crippen LogP contribution < -0.4 is 10.6 Å². The Morgan fingerprint density at radius 2 is 2.00 bits per heavy atom. The molecular weight excluding hydrogens is 275 g/mol. The fraction of sp³-hybridized carbons (Fsp3) is 0.333. The van der Waals surface area contributed by atoms with Crippen LogP contribution in [0.3, 0.4) is 0 Å². The van der Waals surface area contributed by atoms with E-state index in [1.54, 1.807) is 13.8 Å². The zero-order chi connectivity index (χ0) is 14.6. The number of carbonyl (C=O) groups excluding carboxylic acids is 1. The van der Waals surface area contributed by atoms with Crippen molar-refractivity contribution in [3.8, 4) is 0 Å². The minimum atomic E-state index is -1.16. The summed E-state index contributed by atoms with van der Waals surface area (Å²) in [5.41, 5.74) is -0.113. The Morgan fingerprint density at radius 1 is 1.37 bits per heavy atom. The number of benzene rings is 1. The van der Waals surface area contributed by atoms with Gasteiger partial charge in [0.2, 0.25) is 0 Å². The Kier molecular flexibility index (Phi) is 5.11. The average Bonchev–Trinajstić information content (AvgIpc) is 2.30. The highest BCUT2D eigenvalue weighted by molar-refractivity contribution is 6.30. The number of aliphatic carboxylic acids is 1. The topological polar surface area (TPSA) is 78.4 Å². The van der Waals surface area contributed by atoms with Gasteiger partial charge in [0.25, 0.3) is 0 Å². The highest BCUT2D eigenvalue weighted by Crippen LogP contribution is 2.19. The molecule has 1 atom stereocenters. The van der Waals surface area contributed by atoms with E-state index in [1.807, 2.05) is 0 Å². The molecule has 3 N–H and O–H groups in total. The highest BCUT2D eigenvalue weighted by Gasteiger charge is 2.23. The van der Waals surface area contributed by atoms with Crippen LogP contribution in [0.2, 0.25) is 5.02 Å². The molecule has 2 amide bonds. The van der Waals surface area contributed by atoms with E-state index in [0.717, 1.165) is 6.07 Å². The van der Waals surface area contributed by atoms with E-state index < -0.39 is 23.9 Å². The van der Waals surface area contributed by atoms with Crippen molar-refractivity contribution < 1.29 is 19.1 Å². The van der Waals surface area contributed by atoms with Crippen LogP contribution in [0.4, 0.5) is 14.9 Å². The van der Waals surface area contributed by atoms with Crippen LogP contribution in [-0.4, -0.2) is 23.1 Å². The van der Waals surface area contributed by atoms with Gasteiger partial charge in [-0.3, -0.25) is 0 Å². The van der Waals surface area contributed by atoms with Crippen LogP contribution in [0, 0.1) is 11.7 Å². The van der Waals surface area contributed by atoms with Crippen LogP contribution in [-0.2, 0) is 4.79 Å². The summed E-state index contributed by atoms with van der Waals surface area (Å²) in [6.07, 6.45) is 0. The fourth-order valence-corrected chi connectivity index (χ4v) is 1.58. The molecule has 7 heteroatoms. The second-order valence-electron chi connectivity index (χ2n) is 4.28. The van der Waals surface area contributed by atoms with E-state index in [1.165, 1.54) is 12.1 Å². The van der Waals surface area contributed by atoms with Gasteiger partial charge in [-0.05, 0) is 24.1 Å². The quantitative estimate of drug-likeness (QED) is 0.797. The number of rotatable bonds is 4. The fourth-order valence-electron chi connectivity index (χ4n) is 1.41. The minimum Gasteiger partial charge on any atom is -0.480 e. The SMILES string of the molecule is CC(C)[C@H](NC(=O)Nc1cc(Cl)ccc1F)C(=O)O. The number of carboxylic acid groups (broad SMARTS) is 1. The standard InChI is InChI=1S/C12H14ClFN2O3/c1-6(2)10(11(17)18)16-12(19)15-9-5-7(13)3-4-8(9)14/h3-6,10H,1-2H3,(H,17,18)(H2,15,16,19)/t10-/m0/s1. The normalized spacial score (nSPS) is 12.1. The number of carboxylic acids is 1. The van der Waals surface area contributed by atoms with Crippen molar-refractivity contribution in [3.63, 3.8) is 0 Å². The maximum absolute atomic E-state index is 13.4. The minimum absolute atomic E-state index is 0.113. The summed E-state index contributed by atoms with van der Waals surface area (Å²) < 4.78 is 13.4. The molecule has 0 saturated heterocycles. The van der Waals surface area contributed by atoms with Gasteiger partial charge in [0.15, 0.2) is 0 Å². The second kappa shape index (κ2) is 6.38. The molecule has 104 valence electrons. The van der Waals surface area contributed by atoms with Crippen LogP contribution >= 0.6 is 11.6 Å². The van der Waals surface area contributed by atoms with Crippen molar-refractivity contribution in [2.45, 2.75) is 19.9 Å². The van der Waals surface area contributed by atoms with E-state index in [2.05, 4.69) is 10.6 Å². The van der Waals surface area contributed by atoms with Gasteiger partial charge in [0, 0.05) is 5.02 Å². The van der Waals surface area contributed by atoms with Gasteiger partial charge in [-0.15, -0.1) is 0 Å². The van der Waals surface area contributed by atoms with Crippen molar-refractivity contribution in [2.24, 2.45) is 5.92 Å². The summed E-state index contributed by atoms with van der Waals surface area (Å²) in [7, 11) is 0. The molecule has 0 aromatic heterocycles. The third-order valence-corrected chi connectivity index (χ3v) is 2.63. The molecule has 0 aliphatic carbocycles. The van der Waals surface area contributed by atoms with Gasteiger partial charge in [0.05, 0.1) is 5.69 Å². The van der Waals surface area contributed by atoms with E-state index >= 15 is 0 Å². The van der Waals surface area contributed by atoms with Crippen LogP contribution in [0.25, 0.3) is 0 Å². The summed E-state index contributed by atoms with van der Waals surface area (Å²) in [5.74, 6) is -2.11. The Bertz CT molecular complexity index is 494. The molecule has 1 aromatic rings. The first kappa shape index (κ1) is 15.2. The maximum Gasteiger partial charge on any atom is 0.326 e. The highest BCUT2D eigenvalue weighted by atomic mass is 35.5. The Labute approximate surface area is 114 Å². The number of halogens is 2. The summed E-state index contributed by atoms with van der Waals surface area (Å²) in [4.78, 5) is 22.5. The van der Waals surface area contributed by atoms with Gasteiger partial charge in [-0.1, -0.05) is 25.4 Å². The predicted octanol–water partition coefficient (Wildman–Crippen LogP) is 2.71. The zero-order valence-corrected chi connectivity index (χ0v) is 11.2. The molecule has 1 aromatic carbocycles. The molecule has 5 nitrogen and oxygen atoms in total. The molecule has 0 heterocycles. The lowest BCUT2D eigenvalue weighted by molar-refractivity contribution is -0.140. The number of hydrogen-bond acceptors (Lipinski definition) is 2. The van der Waals surface area contributed by atoms with Crippen molar-refractivity contribution in [2.75, 3.05) is 5.32 Å². The summed E-state index contributed by atoms with van der Waals surface area (Å²) in [6, 6.07) is 1.83. The number of urea groups is 1. The lowest BCUT2D eigenvalue weighted by atomic mass is 10.1. The molecule has 0 aliphatic heterocycles. The third kappa shape index (κ3) is 4.40. The molecule has 1 rings (SSSR count). The number of hydrogen-bond donors (Lipinski definition) is 3. The first-order valence-electron chi connectivity index (χ1n) is 5.56. The largest absolute Gasteiger partial charge is 0.480 e. The number of carbonyl (C=O) groups is 2. The van der Waals surface area contributed by atoms with Gasteiger partial charge in [-0.2, -0.15) is 0 Å². The number of anilines is 1. The molecule has 0 bridgehead atoms. The van der Waals surface area contributed by atoms with Crippen molar-refractivity contribution >= 4 is 29.3 Å². The number of nitrogens with one attached hydrogen (secondary N) is 2. The first-order valence-corrected chi connectivity index (χ1v) is 5.94. The van der Waals surface area contributed by atoms with Crippen molar-refractivity contribution in [3.05, 3.63) is 29.0 Å². The zero-order valence-electron chi connectivity index (χ0n) is 10.4. The van der Waals surface area contributed by atoms with Gasteiger partial charge < -0.3 is 15.7 Å². The molecule has 0 fully saturated rings. The van der Waals surface area contributed by atoms with Gasteiger partial charge in [-0.25, -0.2) is 14.0 Å². The molecule has 0 saturated carbocycles. The predicted molar refractivity (Wildman–Crippen MR) is 69.8 cm³/mol. The maximum atomic E-state index is 13.4. The van der Waals surface area contributed by atoms with E-state index in [0.29, 0.717) is 0 Å². The monoisotopic (exact) mass is 288 g/mol. The molecule has 0 radical (unpaired) electrons. The second-order valence-corrected chi connectivity index (χ2v) is 4.72. The lowest BCUT2D eigenvalue weighted by Crippen LogP contribution is -2.46. The third-order valence-electron chi connectivity index (χ3n) is 2.40. The first-order chi connectivity index (χ1) is 8.81. The van der Waals surface area contributed by atoms with E-state index in [-0.39, 0.29) is 16.6 Å².